The zero-order chi connectivity index (χ0) is 26.4. The average molecular weight is 610 g/mol. The van der Waals surface area contributed by atoms with Crippen molar-refractivity contribution in [3.05, 3.63) is 29.6 Å². The third-order valence-electron chi connectivity index (χ3n) is 4.52. The molecule has 0 aromatic carbocycles. The van der Waals surface area contributed by atoms with E-state index in [1.807, 2.05) is 0 Å². The van der Waals surface area contributed by atoms with E-state index < -0.39 is 26.5 Å². The molecule has 36 heavy (non-hydrogen) atoms. The number of hydrogen-bond acceptors (Lipinski definition) is 13. The molecule has 1 aromatic rings. The molecule has 0 fully saturated rings. The Hall–Kier alpha value is -0.786. The Morgan fingerprint density at radius 1 is 0.944 bits per heavy atom. The Bertz CT molecular complexity index is 657. The van der Waals surface area contributed by atoms with E-state index in [-0.39, 0.29) is 40.5 Å². The number of carbonyl (C=O) groups is 1. The molecule has 0 unspecified atom stereocenters. The fraction of sp³-hybridized carbons (Fsp3) is 0.667. The number of carboxylic acids is 1. The Balaban J connectivity index is -0.000000773. The molecule has 1 aliphatic rings. The number of halogens is 2. The molecule has 5 N–H and O–H groups in total. The van der Waals surface area contributed by atoms with Gasteiger partial charge < -0.3 is 26.1 Å². The van der Waals surface area contributed by atoms with Gasteiger partial charge in [-0.2, -0.15) is 0 Å². The molecule has 2 heterocycles. The normalized spacial score (nSPS) is 19.5. The molecule has 2 bridgehead atoms. The van der Waals surface area contributed by atoms with Crippen LogP contribution in [0.15, 0.2) is 18.2 Å². The summed E-state index contributed by atoms with van der Waals surface area (Å²) < 4.78 is 67.9. The third-order valence-corrected chi connectivity index (χ3v) is 4.52. The van der Waals surface area contributed by atoms with Gasteiger partial charge in [0, 0.05) is 18.6 Å². The van der Waals surface area contributed by atoms with Gasteiger partial charge in [0.15, 0.2) is 0 Å². The number of carboxylic acid groups (broad SMARTS) is 1. The van der Waals surface area contributed by atoms with Crippen LogP contribution in [-0.4, -0.2) is 59.2 Å². The van der Waals surface area contributed by atoms with E-state index in [2.05, 4.69) is 47.6 Å². The summed E-state index contributed by atoms with van der Waals surface area (Å²) in [6, 6.07) is 6.64. The topological polar surface area (TPSA) is 293 Å². The Kier molecular flexibility index (Phi) is 22.3. The minimum Gasteiger partial charge on any atom is -0.481 e. The van der Waals surface area contributed by atoms with Crippen molar-refractivity contribution in [2.24, 2.45) is 0 Å². The third kappa shape index (κ3) is 26.3. The number of aromatic nitrogens is 1. The first-order chi connectivity index (χ1) is 15.6. The van der Waals surface area contributed by atoms with Crippen LogP contribution in [0.3, 0.4) is 0 Å². The number of hydrogen-bond donors (Lipinski definition) is 3. The van der Waals surface area contributed by atoms with Crippen molar-refractivity contribution in [1.29, 1.82) is 0 Å². The first kappa shape index (κ1) is 39.7. The molecule has 0 aliphatic carbocycles. The minimum absolute atomic E-state index is 0. The van der Waals surface area contributed by atoms with E-state index >= 15 is 0 Å². The summed E-state index contributed by atoms with van der Waals surface area (Å²) in [7, 11) is -9.89. The van der Waals surface area contributed by atoms with E-state index in [0.29, 0.717) is 6.54 Å². The largest absolute Gasteiger partial charge is 2.00 e. The maximum absolute atomic E-state index is 10.8. The molecule has 0 saturated carbocycles. The van der Waals surface area contributed by atoms with Crippen LogP contribution >= 0.6 is 0 Å². The van der Waals surface area contributed by atoms with Crippen molar-refractivity contribution in [3.8, 4) is 0 Å². The van der Waals surface area contributed by atoms with E-state index in [9.17, 15) is 4.79 Å². The second-order valence-corrected chi connectivity index (χ2v) is 8.80. The molecule has 18 heteroatoms. The maximum atomic E-state index is 10.8. The fourth-order valence-electron chi connectivity index (χ4n) is 2.99. The van der Waals surface area contributed by atoms with Gasteiger partial charge >= 0.3 is 22.5 Å². The number of rotatable bonds is 3. The van der Waals surface area contributed by atoms with Crippen LogP contribution in [0.4, 0.5) is 0 Å². The monoisotopic (exact) mass is 608 g/mol. The summed E-state index contributed by atoms with van der Waals surface area (Å²) in [4.78, 5) is 17.9. The van der Waals surface area contributed by atoms with Crippen molar-refractivity contribution in [1.82, 2.24) is 20.5 Å². The van der Waals surface area contributed by atoms with Gasteiger partial charge in [-0.25, -0.2) is 37.3 Å². The van der Waals surface area contributed by atoms with Crippen molar-refractivity contribution in [3.63, 3.8) is 0 Å². The van der Waals surface area contributed by atoms with Crippen LogP contribution in [0.2, 0.25) is 0 Å². The molecule has 0 spiro atoms. The van der Waals surface area contributed by atoms with E-state index in [0.717, 1.165) is 50.4 Å². The van der Waals surface area contributed by atoms with Gasteiger partial charge in [0.1, 0.15) is 0 Å². The number of pyridine rings is 1. The summed E-state index contributed by atoms with van der Waals surface area (Å²) in [5.41, 5.74) is 2.14. The fourth-order valence-corrected chi connectivity index (χ4v) is 2.99. The van der Waals surface area contributed by atoms with Crippen LogP contribution in [0.1, 0.15) is 56.6 Å². The van der Waals surface area contributed by atoms with E-state index in [4.69, 9.17) is 47.4 Å². The minimum atomic E-state index is -4.94. The molecule has 1 aromatic heterocycles. The molecular formula is C18H32Cl2N4NiO11. The molecule has 0 saturated heterocycles. The van der Waals surface area contributed by atoms with Crippen LogP contribution in [0.25, 0.3) is 0 Å². The van der Waals surface area contributed by atoms with Crippen molar-refractivity contribution >= 4 is 5.97 Å². The Morgan fingerprint density at radius 2 is 1.31 bits per heavy atom. The van der Waals surface area contributed by atoms with Gasteiger partial charge in [-0.3, -0.25) is 9.78 Å². The van der Waals surface area contributed by atoms with Crippen LogP contribution in [0, 0.1) is 20.5 Å². The molecule has 214 valence electrons. The zero-order valence-electron chi connectivity index (χ0n) is 19.6. The van der Waals surface area contributed by atoms with Gasteiger partial charge in [-0.05, 0) is 65.0 Å². The average Bonchev–Trinajstić information content (AvgIpc) is 2.68. The molecule has 1 aliphatic heterocycles. The molecule has 0 radical (unpaired) electrons. The zero-order valence-corrected chi connectivity index (χ0v) is 22.1. The van der Waals surface area contributed by atoms with Gasteiger partial charge in [0.25, 0.3) is 0 Å². The smallest absolute Gasteiger partial charge is 0.481 e. The second kappa shape index (κ2) is 20.2. The first-order valence-corrected chi connectivity index (χ1v) is 12.6. The van der Waals surface area contributed by atoms with Crippen LogP contribution in [-0.2, 0) is 21.3 Å². The predicted octanol–water partition coefficient (Wildman–Crippen LogP) is -8.39. The molecule has 0 amide bonds. The van der Waals surface area contributed by atoms with Gasteiger partial charge in [0.05, 0.1) is 17.8 Å². The van der Waals surface area contributed by atoms with Gasteiger partial charge in [-0.1, -0.05) is 6.07 Å². The quantitative estimate of drug-likeness (QED) is 0.268. The summed E-state index contributed by atoms with van der Waals surface area (Å²) >= 11 is 0. The first-order valence-electron chi connectivity index (χ1n) is 10.2. The maximum Gasteiger partial charge on any atom is 2.00 e. The molecule has 15 nitrogen and oxygen atoms in total. The predicted molar refractivity (Wildman–Crippen MR) is 98.6 cm³/mol. The summed E-state index contributed by atoms with van der Waals surface area (Å²) in [5.74, 6) is -0.725. The summed E-state index contributed by atoms with van der Waals surface area (Å²) in [6.45, 7) is 8.57. The molecule has 2 atom stereocenters. The number of aliphatic carboxylic acids is 1. The van der Waals surface area contributed by atoms with E-state index in [1.54, 1.807) is 0 Å². The van der Waals surface area contributed by atoms with Crippen LogP contribution < -0.4 is 47.9 Å². The summed E-state index contributed by atoms with van der Waals surface area (Å²) in [5, 5.41) is 15.9. The van der Waals surface area contributed by atoms with Gasteiger partial charge in [-0.15, -0.1) is 20.5 Å². The van der Waals surface area contributed by atoms with Gasteiger partial charge in [0.2, 0.25) is 0 Å². The SMILES string of the molecule is C[C@@H]1NCCCN(CCC(=O)O)CCCN[C@H](C)c2cccc1n2.O.[Ni+2].[O-][Cl+3]([O-])([O-])[O-].[O-][Cl+3]([O-])([O-])[O-]. The molecular weight excluding hydrogens is 578 g/mol. The van der Waals surface area contributed by atoms with Crippen LogP contribution in [0.5, 0.6) is 0 Å². The number of nitrogens with zero attached hydrogens (tertiary/aromatic N) is 2. The van der Waals surface area contributed by atoms with E-state index in [1.165, 1.54) is 0 Å². The Morgan fingerprint density at radius 3 is 1.64 bits per heavy atom. The summed E-state index contributed by atoms with van der Waals surface area (Å²) in [6.07, 6.45) is 2.23. The van der Waals surface area contributed by atoms with Crippen molar-refractivity contribution in [2.75, 3.05) is 32.7 Å². The Labute approximate surface area is 223 Å². The number of fused-ring (bicyclic) bond motifs is 2. The number of nitrogens with one attached hydrogen (secondary N) is 2. The molecule has 2 rings (SSSR count). The van der Waals surface area contributed by atoms with Crippen molar-refractivity contribution in [2.45, 2.75) is 45.2 Å². The standard InChI is InChI=1S/C18H30N4O2.2ClHO4.Ni.H2O/c1-14-16-6-3-7-17(21-16)15(2)20-10-5-12-22(11-4-9-19-14)13-8-18(23)24;2*2-1(3,4)5;;/h3,6-7,14-15,19-20H,4-5,8-13H2,1-2H3,(H,23,24);2*(H,2,3,4,5);;1H2/q;;;+2;/p-2/t14-,15+;;;;. The van der Waals surface area contributed by atoms with Crippen molar-refractivity contribution < 1.29 is 89.6 Å². The second-order valence-electron chi connectivity index (χ2n) is 7.29.